The third-order valence-electron chi connectivity index (χ3n) is 6.04. The van der Waals surface area contributed by atoms with Crippen molar-refractivity contribution in [1.29, 1.82) is 0 Å². The van der Waals surface area contributed by atoms with Gasteiger partial charge in [0.1, 0.15) is 6.54 Å². The molecule has 0 atom stereocenters. The smallest absolute Gasteiger partial charge is 0.748 e. The van der Waals surface area contributed by atoms with Crippen LogP contribution in [-0.4, -0.2) is 86.1 Å². The standard InChI is InChI=1S/C20H32N2O9S3.3Na/c1-16-20(2,3)18-15-17(7-8-19(18)22(16)11-6-14-34(29,30)31)21(9-4-12-32(23,24)25)10-5-13-33(26,27)28;;;/h7-8,15H,4-6,9-14H2,1-3H3,(H2-,23,24,25,26,27,28,29,30,31);;;/q;3*+1/p-2. The van der Waals surface area contributed by atoms with Gasteiger partial charge in [0.25, 0.3) is 0 Å². The molecule has 0 unspecified atom stereocenters. The van der Waals surface area contributed by atoms with E-state index in [1.807, 2.05) is 37.5 Å². The van der Waals surface area contributed by atoms with E-state index in [0.29, 0.717) is 12.2 Å². The zero-order chi connectivity index (χ0) is 25.9. The minimum atomic E-state index is -4.41. The van der Waals surface area contributed by atoms with Crippen LogP contribution in [0.3, 0.4) is 0 Å². The first-order chi connectivity index (χ1) is 15.4. The van der Waals surface area contributed by atoms with Gasteiger partial charge in [-0.25, -0.2) is 25.3 Å². The molecule has 0 saturated carbocycles. The molecule has 2 rings (SSSR count). The summed E-state index contributed by atoms with van der Waals surface area (Å²) in [5.41, 5.74) is 2.98. The summed E-state index contributed by atoms with van der Waals surface area (Å²) in [5, 5.41) is 0. The molecule has 11 nitrogen and oxygen atoms in total. The van der Waals surface area contributed by atoms with Crippen molar-refractivity contribution in [2.45, 2.75) is 45.4 Å². The van der Waals surface area contributed by atoms with Crippen molar-refractivity contribution < 1.29 is 132 Å². The maximum absolute atomic E-state index is 11.0. The molecule has 1 aliphatic rings. The Labute approximate surface area is 287 Å². The number of hydrogen-bond acceptors (Lipinski definition) is 10. The number of fused-ring (bicyclic) bond motifs is 1. The number of hydrogen-bond donors (Lipinski definition) is 0. The second kappa shape index (κ2) is 16.2. The summed E-state index contributed by atoms with van der Waals surface area (Å²) in [7, 11) is -13.1. The Kier molecular flexibility index (Phi) is 17.7. The minimum Gasteiger partial charge on any atom is -0.748 e. The fourth-order valence-electron chi connectivity index (χ4n) is 4.09. The van der Waals surface area contributed by atoms with Gasteiger partial charge in [0.05, 0.1) is 35.8 Å². The average Bonchev–Trinajstić information content (AvgIpc) is 2.84. The summed E-state index contributed by atoms with van der Waals surface area (Å²) in [6, 6.07) is 5.49. The first-order valence-electron chi connectivity index (χ1n) is 10.7. The predicted octanol–water partition coefficient (Wildman–Crippen LogP) is -8.29. The Hall–Kier alpha value is 1.42. The third kappa shape index (κ3) is 13.3. The fourth-order valence-corrected chi connectivity index (χ4v) is 5.54. The van der Waals surface area contributed by atoms with E-state index in [2.05, 4.69) is 0 Å². The van der Waals surface area contributed by atoms with Crippen LogP contribution in [0.2, 0.25) is 0 Å². The molecular weight excluding hydrogens is 577 g/mol. The van der Waals surface area contributed by atoms with Gasteiger partial charge >= 0.3 is 88.7 Å². The van der Waals surface area contributed by atoms with E-state index >= 15 is 0 Å². The summed E-state index contributed by atoms with van der Waals surface area (Å²) >= 11 is 0. The van der Waals surface area contributed by atoms with Crippen LogP contribution in [0.4, 0.5) is 11.4 Å². The zero-order valence-electron chi connectivity index (χ0n) is 22.4. The van der Waals surface area contributed by atoms with Crippen LogP contribution in [0.25, 0.3) is 0 Å². The predicted molar refractivity (Wildman–Crippen MR) is 125 cm³/mol. The number of benzene rings is 1. The molecule has 0 spiro atoms. The Morgan fingerprint density at radius 3 is 1.65 bits per heavy atom. The monoisotopic (exact) mass is 607 g/mol. The summed E-state index contributed by atoms with van der Waals surface area (Å²) in [5.74, 6) is -1.60. The van der Waals surface area contributed by atoms with Crippen LogP contribution in [-0.2, 0) is 35.8 Å². The van der Waals surface area contributed by atoms with Crippen molar-refractivity contribution in [3.8, 4) is 0 Å². The molecule has 0 N–H and O–H groups in total. The second-order valence-electron chi connectivity index (χ2n) is 8.90. The summed E-state index contributed by atoms with van der Waals surface area (Å²) in [6.07, 6.45) is 0.245. The molecule has 0 aliphatic carbocycles. The van der Waals surface area contributed by atoms with E-state index in [-0.39, 0.29) is 121 Å². The molecule has 1 aromatic carbocycles. The van der Waals surface area contributed by atoms with E-state index in [1.165, 1.54) is 0 Å². The number of nitrogens with zero attached hydrogens (tertiary/aromatic N) is 2. The molecule has 0 amide bonds. The van der Waals surface area contributed by atoms with Crippen molar-refractivity contribution in [2.24, 2.45) is 0 Å². The molecule has 194 valence electrons. The van der Waals surface area contributed by atoms with Gasteiger partial charge in [-0.05, 0) is 38.8 Å². The normalized spacial score (nSPS) is 14.8. The van der Waals surface area contributed by atoms with Gasteiger partial charge in [0, 0.05) is 61.0 Å². The number of rotatable bonds is 13. The average molecular weight is 608 g/mol. The van der Waals surface area contributed by atoms with E-state index in [4.69, 9.17) is 0 Å². The number of anilines is 1. The minimum absolute atomic E-state index is 0. The van der Waals surface area contributed by atoms with Gasteiger partial charge in [-0.2, -0.15) is 4.58 Å². The second-order valence-corrected chi connectivity index (χ2v) is 13.5. The van der Waals surface area contributed by atoms with Crippen molar-refractivity contribution in [3.05, 3.63) is 23.8 Å². The molecule has 0 radical (unpaired) electrons. The Bertz CT molecular complexity index is 1230. The van der Waals surface area contributed by atoms with Crippen molar-refractivity contribution in [1.82, 2.24) is 0 Å². The van der Waals surface area contributed by atoms with Gasteiger partial charge in [-0.1, -0.05) is 0 Å². The van der Waals surface area contributed by atoms with Crippen molar-refractivity contribution in [2.75, 3.05) is 41.8 Å². The van der Waals surface area contributed by atoms with Gasteiger partial charge in [-0.3, -0.25) is 0 Å². The first-order valence-corrected chi connectivity index (χ1v) is 15.5. The quantitative estimate of drug-likeness (QED) is 0.119. The van der Waals surface area contributed by atoms with Crippen LogP contribution in [0.1, 0.15) is 45.6 Å². The molecule has 0 bridgehead atoms. The molecule has 1 aromatic rings. The SMILES string of the molecule is CC1=[N+](CCCS(=O)(=O)[O-])c2ccc(N(CCCS(=O)(=O)[O-])CCCS(=O)(=O)[O-])cc2C1(C)C.[Na+].[Na+].[Na+]. The molecular formula is C20H30N2Na3O9S3+. The molecule has 1 aliphatic heterocycles. The van der Waals surface area contributed by atoms with Gasteiger partial charge in [-0.15, -0.1) is 0 Å². The molecule has 0 aromatic heterocycles. The van der Waals surface area contributed by atoms with Crippen molar-refractivity contribution >= 4 is 47.4 Å². The molecule has 1 heterocycles. The van der Waals surface area contributed by atoms with Gasteiger partial charge in [0.15, 0.2) is 5.71 Å². The molecule has 37 heavy (non-hydrogen) atoms. The van der Waals surface area contributed by atoms with Crippen LogP contribution in [0, 0.1) is 0 Å². The Balaban J connectivity index is 0. The third-order valence-corrected chi connectivity index (χ3v) is 8.41. The van der Waals surface area contributed by atoms with Crippen LogP contribution < -0.4 is 93.6 Å². The van der Waals surface area contributed by atoms with E-state index in [0.717, 1.165) is 17.0 Å². The Morgan fingerprint density at radius 2 is 1.22 bits per heavy atom. The summed E-state index contributed by atoms with van der Waals surface area (Å²) in [4.78, 5) is 1.74. The maximum atomic E-state index is 11.0. The van der Waals surface area contributed by atoms with E-state index < -0.39 is 53.0 Å². The van der Waals surface area contributed by atoms with Gasteiger partial charge < -0.3 is 18.6 Å². The summed E-state index contributed by atoms with van der Waals surface area (Å²) < 4.78 is 101. The Morgan fingerprint density at radius 1 is 0.784 bits per heavy atom. The van der Waals surface area contributed by atoms with Crippen LogP contribution >= 0.6 is 0 Å². The maximum Gasteiger partial charge on any atom is 1.00 e. The molecule has 0 fully saturated rings. The van der Waals surface area contributed by atoms with Crippen LogP contribution in [0.15, 0.2) is 18.2 Å². The molecule has 17 heteroatoms. The zero-order valence-corrected chi connectivity index (χ0v) is 30.8. The van der Waals surface area contributed by atoms with Crippen molar-refractivity contribution in [3.63, 3.8) is 0 Å². The van der Waals surface area contributed by atoms with E-state index in [9.17, 15) is 38.9 Å². The van der Waals surface area contributed by atoms with E-state index in [1.54, 1.807) is 11.0 Å². The molecule has 0 saturated heterocycles. The largest absolute Gasteiger partial charge is 1.00 e. The van der Waals surface area contributed by atoms with Crippen LogP contribution in [0.5, 0.6) is 0 Å². The fraction of sp³-hybridized carbons (Fsp3) is 0.650. The topological polar surface area (TPSA) is 178 Å². The first kappa shape index (κ1) is 40.6. The van der Waals surface area contributed by atoms with Gasteiger partial charge in [0.2, 0.25) is 5.69 Å². The summed E-state index contributed by atoms with van der Waals surface area (Å²) in [6.45, 7) is 6.60.